The monoisotopic (exact) mass is 199 g/mol. The number of carbonyl (C=O) groups is 1. The smallest absolute Gasteiger partial charge is 0.310 e. The molecule has 0 aromatic heterocycles. The predicted octanol–water partition coefficient (Wildman–Crippen LogP) is 1.30. The molecule has 0 heterocycles. The van der Waals surface area contributed by atoms with Gasteiger partial charge in [-0.3, -0.25) is 14.9 Å². The van der Waals surface area contributed by atoms with E-state index in [1.165, 1.54) is 13.2 Å². The van der Waals surface area contributed by atoms with Crippen LogP contribution >= 0.6 is 0 Å². The van der Waals surface area contributed by atoms with Crippen LogP contribution in [0.25, 0.3) is 0 Å². The normalized spacial score (nSPS) is 8.07. The van der Waals surface area contributed by atoms with Crippen LogP contribution in [0.5, 0.6) is 5.75 Å². The maximum Gasteiger partial charge on any atom is 0.310 e. The third-order valence-electron chi connectivity index (χ3n) is 1.28. The first-order valence-corrected chi connectivity index (χ1v) is 3.52. The zero-order chi connectivity index (χ0) is 11.0. The van der Waals surface area contributed by atoms with Crippen molar-refractivity contribution in [2.75, 3.05) is 7.11 Å². The number of nitro groups is 1. The van der Waals surface area contributed by atoms with Crippen LogP contribution < -0.4 is 4.74 Å². The molecule has 0 unspecified atom stereocenters. The summed E-state index contributed by atoms with van der Waals surface area (Å²) in [6.07, 6.45) is 0. The summed E-state index contributed by atoms with van der Waals surface area (Å²) in [7, 11) is 1.41. The lowest BCUT2D eigenvalue weighted by Crippen LogP contribution is -1.92. The van der Waals surface area contributed by atoms with Crippen molar-refractivity contribution in [3.05, 3.63) is 34.4 Å². The average molecular weight is 199 g/mol. The molecule has 0 bridgehead atoms. The molecule has 1 N–H and O–H groups in total. The van der Waals surface area contributed by atoms with Crippen molar-refractivity contribution in [2.45, 2.75) is 0 Å². The lowest BCUT2D eigenvalue weighted by molar-refractivity contribution is -0.385. The lowest BCUT2D eigenvalue weighted by atomic mass is 10.3. The lowest BCUT2D eigenvalue weighted by Gasteiger charge is -1.98. The molecule has 6 nitrogen and oxygen atoms in total. The highest BCUT2D eigenvalue weighted by molar-refractivity contribution is 5.45. The van der Waals surface area contributed by atoms with E-state index >= 15 is 0 Å². The molecule has 0 saturated carbocycles. The summed E-state index contributed by atoms with van der Waals surface area (Å²) in [5.74, 6) is 0.289. The summed E-state index contributed by atoms with van der Waals surface area (Å²) in [6.45, 7) is -0.250. The minimum Gasteiger partial charge on any atom is -0.490 e. The summed E-state index contributed by atoms with van der Waals surface area (Å²) in [5.41, 5.74) is -0.00463. The number of methoxy groups -OCH3 is 1. The van der Waals surface area contributed by atoms with Gasteiger partial charge in [-0.05, 0) is 6.07 Å². The second-order valence-electron chi connectivity index (χ2n) is 2.03. The van der Waals surface area contributed by atoms with E-state index in [2.05, 4.69) is 0 Å². The Morgan fingerprint density at radius 2 is 2.00 bits per heavy atom. The van der Waals surface area contributed by atoms with Crippen LogP contribution in [0.3, 0.4) is 0 Å². The van der Waals surface area contributed by atoms with Crippen molar-refractivity contribution >= 4 is 12.2 Å². The zero-order valence-corrected chi connectivity index (χ0v) is 7.41. The number of hydrogen-bond acceptors (Lipinski definition) is 4. The van der Waals surface area contributed by atoms with Gasteiger partial charge >= 0.3 is 5.69 Å². The van der Waals surface area contributed by atoms with Gasteiger partial charge in [-0.1, -0.05) is 12.1 Å². The van der Waals surface area contributed by atoms with Crippen LogP contribution in [0, 0.1) is 10.1 Å². The topological polar surface area (TPSA) is 89.7 Å². The summed E-state index contributed by atoms with van der Waals surface area (Å²) < 4.78 is 4.76. The molecule has 0 aliphatic heterocycles. The fraction of sp³-hybridized carbons (Fsp3) is 0.125. The first-order chi connectivity index (χ1) is 6.67. The largest absolute Gasteiger partial charge is 0.490 e. The molecule has 0 radical (unpaired) electrons. The van der Waals surface area contributed by atoms with Gasteiger partial charge < -0.3 is 9.84 Å². The minimum absolute atomic E-state index is 0.00463. The van der Waals surface area contributed by atoms with Crippen LogP contribution in [-0.4, -0.2) is 23.6 Å². The molecule has 1 aromatic carbocycles. The second kappa shape index (κ2) is 6.41. The Hall–Kier alpha value is -2.11. The van der Waals surface area contributed by atoms with Gasteiger partial charge in [-0.25, -0.2) is 0 Å². The van der Waals surface area contributed by atoms with Crippen molar-refractivity contribution in [1.29, 1.82) is 0 Å². The standard InChI is InChI=1S/C7H7NO3.CH2O2/c1-11-7-5-3-2-4-6(7)8(9)10;2-1-3/h2-5H,1H3;1H,(H,2,3). The van der Waals surface area contributed by atoms with Crippen molar-refractivity contribution in [2.24, 2.45) is 0 Å². The van der Waals surface area contributed by atoms with Gasteiger partial charge in [-0.2, -0.15) is 0 Å². The van der Waals surface area contributed by atoms with Gasteiger partial charge in [0.15, 0.2) is 5.75 Å². The number of ether oxygens (including phenoxy) is 1. The molecule has 0 spiro atoms. The molecule has 6 heteroatoms. The predicted molar refractivity (Wildman–Crippen MR) is 48.3 cm³/mol. The second-order valence-corrected chi connectivity index (χ2v) is 2.03. The van der Waals surface area contributed by atoms with Gasteiger partial charge in [-0.15, -0.1) is 0 Å². The van der Waals surface area contributed by atoms with E-state index in [1.807, 2.05) is 0 Å². The first kappa shape index (κ1) is 11.9. The van der Waals surface area contributed by atoms with Gasteiger partial charge in [0.05, 0.1) is 12.0 Å². The Bertz CT molecular complexity index is 312. The Morgan fingerprint density at radius 1 is 1.50 bits per heavy atom. The fourth-order valence-electron chi connectivity index (χ4n) is 0.781. The number of hydrogen-bond donors (Lipinski definition) is 1. The van der Waals surface area contributed by atoms with Gasteiger partial charge in [0.2, 0.25) is 0 Å². The third-order valence-corrected chi connectivity index (χ3v) is 1.28. The molecule has 76 valence electrons. The summed E-state index contributed by atoms with van der Waals surface area (Å²) in [5, 5.41) is 17.2. The number of para-hydroxylation sites is 2. The van der Waals surface area contributed by atoms with Gasteiger partial charge in [0.25, 0.3) is 6.47 Å². The Balaban J connectivity index is 0.000000500. The van der Waals surface area contributed by atoms with E-state index < -0.39 is 4.92 Å². The van der Waals surface area contributed by atoms with E-state index in [9.17, 15) is 10.1 Å². The van der Waals surface area contributed by atoms with Crippen LogP contribution in [0.4, 0.5) is 5.69 Å². The molecule has 0 amide bonds. The SMILES string of the molecule is COc1ccccc1[N+](=O)[O-].O=CO. The van der Waals surface area contributed by atoms with Gasteiger partial charge in [0, 0.05) is 6.07 Å². The highest BCUT2D eigenvalue weighted by Crippen LogP contribution is 2.24. The molecular weight excluding hydrogens is 190 g/mol. The zero-order valence-electron chi connectivity index (χ0n) is 7.41. The maximum absolute atomic E-state index is 10.3. The Morgan fingerprint density at radius 3 is 2.36 bits per heavy atom. The highest BCUT2D eigenvalue weighted by atomic mass is 16.6. The van der Waals surface area contributed by atoms with E-state index in [4.69, 9.17) is 14.6 Å². The number of nitro benzene ring substituents is 1. The summed E-state index contributed by atoms with van der Waals surface area (Å²) in [4.78, 5) is 18.2. The Kier molecular flexibility index (Phi) is 5.44. The van der Waals surface area contributed by atoms with Crippen molar-refractivity contribution in [3.8, 4) is 5.75 Å². The van der Waals surface area contributed by atoms with Crippen molar-refractivity contribution in [3.63, 3.8) is 0 Å². The summed E-state index contributed by atoms with van der Waals surface area (Å²) >= 11 is 0. The van der Waals surface area contributed by atoms with E-state index in [0.29, 0.717) is 0 Å². The minimum atomic E-state index is -0.473. The van der Waals surface area contributed by atoms with Crippen molar-refractivity contribution < 1.29 is 19.6 Å². The number of rotatable bonds is 2. The average Bonchev–Trinajstić information content (AvgIpc) is 2.19. The third kappa shape index (κ3) is 3.53. The molecular formula is C8H9NO5. The molecule has 1 rings (SSSR count). The quantitative estimate of drug-likeness (QED) is 0.440. The molecule has 14 heavy (non-hydrogen) atoms. The number of carboxylic acid groups (broad SMARTS) is 1. The molecule has 0 aliphatic rings. The number of benzene rings is 1. The first-order valence-electron chi connectivity index (χ1n) is 3.52. The van der Waals surface area contributed by atoms with Crippen LogP contribution in [0.15, 0.2) is 24.3 Å². The van der Waals surface area contributed by atoms with Crippen LogP contribution in [0.2, 0.25) is 0 Å². The number of nitrogens with zero attached hydrogens (tertiary/aromatic N) is 1. The molecule has 0 saturated heterocycles. The van der Waals surface area contributed by atoms with E-state index in [1.54, 1.807) is 18.2 Å². The molecule has 1 aromatic rings. The summed E-state index contributed by atoms with van der Waals surface area (Å²) in [6, 6.07) is 6.24. The van der Waals surface area contributed by atoms with Crippen LogP contribution in [0.1, 0.15) is 0 Å². The van der Waals surface area contributed by atoms with Crippen LogP contribution in [-0.2, 0) is 4.79 Å². The van der Waals surface area contributed by atoms with E-state index in [-0.39, 0.29) is 17.9 Å². The van der Waals surface area contributed by atoms with E-state index in [0.717, 1.165) is 0 Å². The molecule has 0 fully saturated rings. The Labute approximate surface area is 79.9 Å². The molecule has 0 atom stereocenters. The highest BCUT2D eigenvalue weighted by Gasteiger charge is 2.11. The maximum atomic E-state index is 10.3. The fourth-order valence-corrected chi connectivity index (χ4v) is 0.781. The van der Waals surface area contributed by atoms with Crippen molar-refractivity contribution in [1.82, 2.24) is 0 Å². The van der Waals surface area contributed by atoms with Gasteiger partial charge in [0.1, 0.15) is 0 Å². The molecule has 0 aliphatic carbocycles.